The van der Waals surface area contributed by atoms with E-state index in [-0.39, 0.29) is 18.2 Å². The molecule has 4 nitrogen and oxygen atoms in total. The van der Waals surface area contributed by atoms with Crippen LogP contribution in [0.3, 0.4) is 0 Å². The van der Waals surface area contributed by atoms with Gasteiger partial charge in [-0.1, -0.05) is 71.2 Å². The largest absolute Gasteiger partial charge is 0.350 e. The number of carbonyl (C=O) groups excluding carboxylic acids is 2. The highest BCUT2D eigenvalue weighted by atomic mass is 35.5. The van der Waals surface area contributed by atoms with Crippen LogP contribution in [0.2, 0.25) is 10.0 Å². The third kappa shape index (κ3) is 5.79. The minimum Gasteiger partial charge on any atom is -0.350 e. The molecule has 1 N–H and O–H groups in total. The summed E-state index contributed by atoms with van der Waals surface area (Å²) in [6.45, 7) is 2.80. The normalized spacial score (nSPS) is 19.1. The monoisotopic (exact) mass is 580 g/mol. The lowest BCUT2D eigenvalue weighted by Crippen LogP contribution is -2.48. The molecule has 1 aromatic heterocycles. The third-order valence-corrected chi connectivity index (χ3v) is 9.45. The van der Waals surface area contributed by atoms with Gasteiger partial charge in [-0.3, -0.25) is 9.59 Å². The molecule has 1 fully saturated rings. The van der Waals surface area contributed by atoms with Gasteiger partial charge in [-0.05, 0) is 65.9 Å². The van der Waals surface area contributed by atoms with Crippen molar-refractivity contribution in [3.63, 3.8) is 0 Å². The number of aryl methyl sites for hydroxylation is 1. The Labute approximate surface area is 241 Å². The van der Waals surface area contributed by atoms with Crippen LogP contribution in [0.25, 0.3) is 0 Å². The van der Waals surface area contributed by atoms with E-state index in [1.165, 1.54) is 11.8 Å². The summed E-state index contributed by atoms with van der Waals surface area (Å²) in [5.41, 5.74) is 2.93. The highest BCUT2D eigenvalue weighted by Gasteiger charge is 2.58. The minimum absolute atomic E-state index is 0.0721. The van der Waals surface area contributed by atoms with Crippen LogP contribution < -0.4 is 5.32 Å². The fourth-order valence-corrected chi connectivity index (χ4v) is 7.09. The molecule has 2 amide bonds. The standard InChI is InChI=1S/C30H26Cl2N2O2S2/c1-20-4-14-25(15-5-20)38-30(29(36)33-18-26-3-2-16-37-26)17-27(35)34(19-21-6-10-23(31)11-7-21)28(30)22-8-12-24(32)13-9-22/h2-16,28H,17-19H2,1H3,(H,33,36). The van der Waals surface area contributed by atoms with Crippen LogP contribution in [0, 0.1) is 6.92 Å². The second-order valence-electron chi connectivity index (χ2n) is 9.35. The van der Waals surface area contributed by atoms with Crippen molar-refractivity contribution in [3.05, 3.63) is 122 Å². The number of thioether (sulfide) groups is 1. The highest BCUT2D eigenvalue weighted by molar-refractivity contribution is 8.01. The first-order valence-corrected chi connectivity index (χ1v) is 14.6. The van der Waals surface area contributed by atoms with Gasteiger partial charge in [-0.2, -0.15) is 0 Å². The SMILES string of the molecule is Cc1ccc(SC2(C(=O)NCc3cccs3)CC(=O)N(Cc3ccc(Cl)cc3)C2c2ccc(Cl)cc2)cc1. The number of rotatable bonds is 8. The van der Waals surface area contributed by atoms with Crippen molar-refractivity contribution in [3.8, 4) is 0 Å². The zero-order chi connectivity index (χ0) is 26.7. The molecular formula is C30H26Cl2N2O2S2. The molecule has 0 radical (unpaired) electrons. The number of benzene rings is 3. The van der Waals surface area contributed by atoms with Crippen molar-refractivity contribution < 1.29 is 9.59 Å². The van der Waals surface area contributed by atoms with Gasteiger partial charge >= 0.3 is 0 Å². The number of hydrogen-bond acceptors (Lipinski definition) is 4. The lowest BCUT2D eigenvalue weighted by atomic mass is 9.91. The molecule has 1 aliphatic heterocycles. The summed E-state index contributed by atoms with van der Waals surface area (Å²) < 4.78 is -1.09. The maximum absolute atomic E-state index is 14.2. The van der Waals surface area contributed by atoms with Crippen LogP contribution in [-0.2, 0) is 22.7 Å². The van der Waals surface area contributed by atoms with Crippen molar-refractivity contribution in [2.75, 3.05) is 0 Å². The number of likely N-dealkylation sites (tertiary alicyclic amines) is 1. The molecule has 0 saturated carbocycles. The zero-order valence-corrected chi connectivity index (χ0v) is 23.8. The summed E-state index contributed by atoms with van der Waals surface area (Å²) in [5.74, 6) is -0.242. The van der Waals surface area contributed by atoms with Gasteiger partial charge in [-0.15, -0.1) is 23.1 Å². The van der Waals surface area contributed by atoms with Crippen LogP contribution >= 0.6 is 46.3 Å². The Morgan fingerprint density at radius 2 is 1.66 bits per heavy atom. The summed E-state index contributed by atoms with van der Waals surface area (Å²) in [7, 11) is 0. The first-order chi connectivity index (χ1) is 18.3. The van der Waals surface area contributed by atoms with Gasteiger partial charge in [0, 0.05) is 26.4 Å². The topological polar surface area (TPSA) is 49.4 Å². The van der Waals surface area contributed by atoms with Crippen LogP contribution in [-0.4, -0.2) is 21.5 Å². The molecule has 2 heterocycles. The average Bonchev–Trinajstić information content (AvgIpc) is 3.53. The molecule has 5 rings (SSSR count). The Kier molecular flexibility index (Phi) is 8.15. The van der Waals surface area contributed by atoms with Crippen molar-refractivity contribution in [2.45, 2.75) is 42.1 Å². The number of nitrogens with one attached hydrogen (secondary N) is 1. The molecule has 3 aromatic carbocycles. The number of halogens is 2. The number of thiophene rings is 1. The number of nitrogens with zero attached hydrogens (tertiary/aromatic N) is 1. The Hall–Kier alpha value is -2.77. The summed E-state index contributed by atoms with van der Waals surface area (Å²) in [4.78, 5) is 31.8. The lowest BCUT2D eigenvalue weighted by molar-refractivity contribution is -0.129. The number of hydrogen-bond donors (Lipinski definition) is 1. The maximum Gasteiger partial charge on any atom is 0.239 e. The molecule has 8 heteroatoms. The fourth-order valence-electron chi connectivity index (χ4n) is 4.77. The van der Waals surface area contributed by atoms with Gasteiger partial charge in [-0.25, -0.2) is 0 Å². The van der Waals surface area contributed by atoms with Crippen molar-refractivity contribution >= 4 is 58.1 Å². The number of amides is 2. The fraction of sp³-hybridized carbons (Fsp3) is 0.200. The van der Waals surface area contributed by atoms with E-state index in [1.54, 1.807) is 11.3 Å². The first kappa shape index (κ1) is 26.8. The smallest absolute Gasteiger partial charge is 0.239 e. The highest BCUT2D eigenvalue weighted by Crippen LogP contribution is 2.53. The Bertz CT molecular complexity index is 1410. The third-order valence-electron chi connectivity index (χ3n) is 6.65. The summed E-state index contributed by atoms with van der Waals surface area (Å²) in [6, 6.07) is 26.4. The van der Waals surface area contributed by atoms with Crippen LogP contribution in [0.5, 0.6) is 0 Å². The average molecular weight is 582 g/mol. The van der Waals surface area contributed by atoms with Crippen LogP contribution in [0.4, 0.5) is 0 Å². The number of carbonyl (C=O) groups is 2. The lowest BCUT2D eigenvalue weighted by Gasteiger charge is -2.36. The van der Waals surface area contributed by atoms with E-state index < -0.39 is 10.8 Å². The molecule has 38 heavy (non-hydrogen) atoms. The van der Waals surface area contributed by atoms with Crippen molar-refractivity contribution in [1.82, 2.24) is 10.2 Å². The summed E-state index contributed by atoms with van der Waals surface area (Å²) in [6.07, 6.45) is 0.0721. The summed E-state index contributed by atoms with van der Waals surface area (Å²) >= 11 is 15.4. The van der Waals surface area contributed by atoms with Crippen LogP contribution in [0.15, 0.2) is 95.2 Å². The molecule has 2 unspecified atom stereocenters. The first-order valence-electron chi connectivity index (χ1n) is 12.2. The molecule has 2 atom stereocenters. The molecule has 1 aliphatic rings. The van der Waals surface area contributed by atoms with E-state index in [0.717, 1.165) is 26.5 Å². The van der Waals surface area contributed by atoms with Gasteiger partial charge < -0.3 is 10.2 Å². The van der Waals surface area contributed by atoms with Gasteiger partial charge in [0.2, 0.25) is 11.8 Å². The summed E-state index contributed by atoms with van der Waals surface area (Å²) in [5, 5.41) is 6.37. The second-order valence-corrected chi connectivity index (χ2v) is 12.7. The quantitative estimate of drug-likeness (QED) is 0.232. The van der Waals surface area contributed by atoms with E-state index in [2.05, 4.69) is 5.32 Å². The molecule has 1 saturated heterocycles. The molecule has 0 aliphatic carbocycles. The van der Waals surface area contributed by atoms with Crippen molar-refractivity contribution in [2.24, 2.45) is 0 Å². The molecule has 0 spiro atoms. The van der Waals surface area contributed by atoms with E-state index in [9.17, 15) is 9.59 Å². The van der Waals surface area contributed by atoms with E-state index in [0.29, 0.717) is 23.1 Å². The molecule has 4 aromatic rings. The van der Waals surface area contributed by atoms with Gasteiger partial charge in [0.25, 0.3) is 0 Å². The Morgan fingerprint density at radius 3 is 2.29 bits per heavy atom. The van der Waals surface area contributed by atoms with E-state index >= 15 is 0 Å². The maximum atomic E-state index is 14.2. The van der Waals surface area contributed by atoms with Gasteiger partial charge in [0.1, 0.15) is 4.75 Å². The minimum atomic E-state index is -1.09. The van der Waals surface area contributed by atoms with E-state index in [1.807, 2.05) is 102 Å². The predicted octanol–water partition coefficient (Wildman–Crippen LogP) is 7.68. The Morgan fingerprint density at radius 1 is 1.00 bits per heavy atom. The zero-order valence-electron chi connectivity index (χ0n) is 20.7. The van der Waals surface area contributed by atoms with Crippen LogP contribution in [0.1, 0.15) is 34.0 Å². The second kappa shape index (κ2) is 11.5. The van der Waals surface area contributed by atoms with E-state index in [4.69, 9.17) is 23.2 Å². The molecule has 194 valence electrons. The molecule has 0 bridgehead atoms. The van der Waals surface area contributed by atoms with Gasteiger partial charge in [0.15, 0.2) is 0 Å². The van der Waals surface area contributed by atoms with Gasteiger partial charge in [0.05, 0.1) is 19.0 Å². The molecular weight excluding hydrogens is 555 g/mol. The van der Waals surface area contributed by atoms with Crippen molar-refractivity contribution in [1.29, 1.82) is 0 Å². The Balaban J connectivity index is 1.59. The predicted molar refractivity (Wildman–Crippen MR) is 157 cm³/mol.